The normalized spacial score (nSPS) is 16.7. The maximum atomic E-state index is 11.7. The number of nitrogens with one attached hydrogen (secondary N) is 2. The predicted molar refractivity (Wildman–Crippen MR) is 93.2 cm³/mol. The first-order valence-corrected chi connectivity index (χ1v) is 7.98. The Morgan fingerprint density at radius 1 is 1.35 bits per heavy atom. The van der Waals surface area contributed by atoms with Gasteiger partial charge < -0.3 is 20.1 Å². The van der Waals surface area contributed by atoms with Crippen LogP contribution in [0.25, 0.3) is 0 Å². The zero-order chi connectivity index (χ0) is 15.6. The van der Waals surface area contributed by atoms with Gasteiger partial charge in [-0.3, -0.25) is 4.79 Å². The summed E-state index contributed by atoms with van der Waals surface area (Å²) in [6, 6.07) is 8.21. The summed E-state index contributed by atoms with van der Waals surface area (Å²) in [5.74, 6) is 0.984. The minimum Gasteiger partial charge on any atom is -0.497 e. The molecule has 0 aliphatic carbocycles. The van der Waals surface area contributed by atoms with E-state index in [-0.39, 0.29) is 18.3 Å². The summed E-state index contributed by atoms with van der Waals surface area (Å²) in [5, 5.41) is 6.28. The first-order chi connectivity index (χ1) is 10.8. The van der Waals surface area contributed by atoms with Crippen LogP contribution >= 0.6 is 12.4 Å². The van der Waals surface area contributed by atoms with E-state index in [2.05, 4.69) is 10.6 Å². The van der Waals surface area contributed by atoms with E-state index in [0.29, 0.717) is 32.2 Å². The number of amides is 1. The molecule has 1 aromatic rings. The molecule has 0 radical (unpaired) electrons. The highest BCUT2D eigenvalue weighted by Crippen LogP contribution is 2.12. The zero-order valence-corrected chi connectivity index (χ0v) is 14.5. The Hall–Kier alpha value is -1.30. The first-order valence-electron chi connectivity index (χ1n) is 7.98. The Morgan fingerprint density at radius 3 is 2.78 bits per heavy atom. The highest BCUT2D eigenvalue weighted by molar-refractivity contribution is 5.85. The molecule has 1 heterocycles. The van der Waals surface area contributed by atoms with Crippen LogP contribution in [0.15, 0.2) is 24.3 Å². The fraction of sp³-hybridized carbons (Fsp3) is 0.588. The Labute approximate surface area is 144 Å². The van der Waals surface area contributed by atoms with Gasteiger partial charge in [0.2, 0.25) is 5.91 Å². The number of hydrogen-bond donors (Lipinski definition) is 2. The quantitative estimate of drug-likeness (QED) is 0.676. The maximum absolute atomic E-state index is 11.7. The van der Waals surface area contributed by atoms with Gasteiger partial charge in [0.1, 0.15) is 5.75 Å². The molecule has 130 valence electrons. The molecule has 0 bridgehead atoms. The van der Waals surface area contributed by atoms with Gasteiger partial charge in [-0.25, -0.2) is 0 Å². The van der Waals surface area contributed by atoms with Crippen LogP contribution in [0.5, 0.6) is 5.75 Å². The van der Waals surface area contributed by atoms with Crippen LogP contribution in [-0.2, 0) is 16.1 Å². The molecule has 1 saturated heterocycles. The molecule has 1 fully saturated rings. The van der Waals surface area contributed by atoms with Gasteiger partial charge in [0, 0.05) is 25.6 Å². The summed E-state index contributed by atoms with van der Waals surface area (Å²) in [6.07, 6.45) is 3.71. The van der Waals surface area contributed by atoms with Gasteiger partial charge in [-0.2, -0.15) is 0 Å². The summed E-state index contributed by atoms with van der Waals surface area (Å²) in [4.78, 5) is 11.7. The van der Waals surface area contributed by atoms with Crippen LogP contribution in [0, 0.1) is 0 Å². The van der Waals surface area contributed by atoms with Crippen molar-refractivity contribution in [1.82, 2.24) is 10.6 Å². The molecule has 2 N–H and O–H groups in total. The Balaban J connectivity index is 0.00000264. The Kier molecular flexibility index (Phi) is 9.67. The van der Waals surface area contributed by atoms with Crippen LogP contribution < -0.4 is 15.4 Å². The van der Waals surface area contributed by atoms with Gasteiger partial charge in [-0.05, 0) is 43.5 Å². The summed E-state index contributed by atoms with van der Waals surface area (Å²) >= 11 is 0. The molecule has 1 unspecified atom stereocenters. The number of carbonyl (C=O) groups excluding carboxylic acids is 1. The molecule has 1 aliphatic heterocycles. The van der Waals surface area contributed by atoms with E-state index in [4.69, 9.17) is 9.47 Å². The van der Waals surface area contributed by atoms with Crippen LogP contribution in [-0.4, -0.2) is 38.8 Å². The standard InChI is InChI=1S/C17H26N2O3.ClH/c1-21-16-7-5-14(6-8-16)13-22-11-3-10-19-17(20)12-15-4-2-9-18-15;/h5-8,15,18H,2-4,9-13H2,1H3,(H,19,20);1H. The molecule has 2 rings (SSSR count). The van der Waals surface area contributed by atoms with Crippen molar-refractivity contribution in [2.45, 2.75) is 38.3 Å². The van der Waals surface area contributed by atoms with E-state index in [0.717, 1.165) is 30.7 Å². The SMILES string of the molecule is COc1ccc(COCCCNC(=O)CC2CCCN2)cc1.Cl. The van der Waals surface area contributed by atoms with Crippen molar-refractivity contribution in [2.75, 3.05) is 26.8 Å². The largest absolute Gasteiger partial charge is 0.497 e. The van der Waals surface area contributed by atoms with Gasteiger partial charge in [-0.15, -0.1) is 12.4 Å². The van der Waals surface area contributed by atoms with Crippen LogP contribution in [0.4, 0.5) is 0 Å². The van der Waals surface area contributed by atoms with Crippen molar-refractivity contribution >= 4 is 18.3 Å². The van der Waals surface area contributed by atoms with E-state index in [1.165, 1.54) is 6.42 Å². The molecule has 5 nitrogen and oxygen atoms in total. The topological polar surface area (TPSA) is 59.6 Å². The summed E-state index contributed by atoms with van der Waals surface area (Å²) in [7, 11) is 1.66. The van der Waals surface area contributed by atoms with Crippen molar-refractivity contribution in [3.05, 3.63) is 29.8 Å². The van der Waals surface area contributed by atoms with Gasteiger partial charge >= 0.3 is 0 Å². The van der Waals surface area contributed by atoms with Gasteiger partial charge in [-0.1, -0.05) is 12.1 Å². The average molecular weight is 343 g/mol. The predicted octanol–water partition coefficient (Wildman–Crippen LogP) is 2.28. The fourth-order valence-corrected chi connectivity index (χ4v) is 2.54. The third-order valence-corrected chi connectivity index (χ3v) is 3.81. The smallest absolute Gasteiger partial charge is 0.221 e. The minimum atomic E-state index is 0. The van der Waals surface area contributed by atoms with E-state index in [9.17, 15) is 4.79 Å². The second-order valence-corrected chi connectivity index (χ2v) is 5.60. The molecule has 1 aliphatic rings. The van der Waals surface area contributed by atoms with Crippen LogP contribution in [0.2, 0.25) is 0 Å². The second kappa shape index (κ2) is 11.3. The van der Waals surface area contributed by atoms with E-state index in [1.54, 1.807) is 7.11 Å². The molecule has 6 heteroatoms. The lowest BCUT2D eigenvalue weighted by Crippen LogP contribution is -2.32. The lowest BCUT2D eigenvalue weighted by molar-refractivity contribution is -0.121. The molecule has 1 aromatic carbocycles. The molecule has 0 aromatic heterocycles. The van der Waals surface area contributed by atoms with Crippen molar-refractivity contribution in [2.24, 2.45) is 0 Å². The molecule has 1 atom stereocenters. The molecule has 1 amide bonds. The number of ether oxygens (including phenoxy) is 2. The summed E-state index contributed by atoms with van der Waals surface area (Å²) in [5.41, 5.74) is 1.12. The van der Waals surface area contributed by atoms with Gasteiger partial charge in [0.25, 0.3) is 0 Å². The Morgan fingerprint density at radius 2 is 2.13 bits per heavy atom. The van der Waals surface area contributed by atoms with Crippen molar-refractivity contribution in [3.8, 4) is 5.75 Å². The lowest BCUT2D eigenvalue weighted by atomic mass is 10.1. The summed E-state index contributed by atoms with van der Waals surface area (Å²) < 4.78 is 10.7. The average Bonchev–Trinajstić information content (AvgIpc) is 3.04. The van der Waals surface area contributed by atoms with Crippen LogP contribution in [0.1, 0.15) is 31.2 Å². The molecular weight excluding hydrogens is 316 g/mol. The molecule has 0 spiro atoms. The second-order valence-electron chi connectivity index (χ2n) is 5.60. The maximum Gasteiger partial charge on any atom is 0.221 e. The minimum absolute atomic E-state index is 0. The highest BCUT2D eigenvalue weighted by atomic mass is 35.5. The molecule has 23 heavy (non-hydrogen) atoms. The van der Waals surface area contributed by atoms with E-state index in [1.807, 2.05) is 24.3 Å². The van der Waals surface area contributed by atoms with Gasteiger partial charge in [0.05, 0.1) is 13.7 Å². The number of halogens is 1. The number of rotatable bonds is 9. The number of hydrogen-bond acceptors (Lipinski definition) is 4. The molecule has 0 saturated carbocycles. The van der Waals surface area contributed by atoms with E-state index < -0.39 is 0 Å². The lowest BCUT2D eigenvalue weighted by Gasteiger charge is -2.10. The monoisotopic (exact) mass is 342 g/mol. The number of carbonyl (C=O) groups is 1. The number of benzene rings is 1. The van der Waals surface area contributed by atoms with Crippen LogP contribution in [0.3, 0.4) is 0 Å². The molecular formula is C17H27ClN2O3. The summed E-state index contributed by atoms with van der Waals surface area (Å²) in [6.45, 7) is 2.95. The first kappa shape index (κ1) is 19.7. The van der Waals surface area contributed by atoms with Gasteiger partial charge in [0.15, 0.2) is 0 Å². The van der Waals surface area contributed by atoms with Crippen molar-refractivity contribution < 1.29 is 14.3 Å². The number of methoxy groups -OCH3 is 1. The Bertz CT molecular complexity index is 448. The van der Waals surface area contributed by atoms with Crippen molar-refractivity contribution in [1.29, 1.82) is 0 Å². The third kappa shape index (κ3) is 7.68. The zero-order valence-electron chi connectivity index (χ0n) is 13.7. The van der Waals surface area contributed by atoms with Crippen molar-refractivity contribution in [3.63, 3.8) is 0 Å². The van der Waals surface area contributed by atoms with E-state index >= 15 is 0 Å². The fourth-order valence-electron chi connectivity index (χ4n) is 2.54. The highest BCUT2D eigenvalue weighted by Gasteiger charge is 2.16. The third-order valence-electron chi connectivity index (χ3n) is 3.81.